The molecule has 2 aromatic rings. The Morgan fingerprint density at radius 3 is 0.942 bits per heavy atom. The number of carbonyl (C=O) groups is 6. The Hall–Kier alpha value is -5.94. The van der Waals surface area contributed by atoms with E-state index in [1.165, 1.54) is 66.9 Å². The third-order valence-corrected chi connectivity index (χ3v) is 8.31. The molecule has 0 aliphatic carbocycles. The molecule has 18 nitrogen and oxygen atoms in total. The summed E-state index contributed by atoms with van der Waals surface area (Å²) < 4.78 is 61.0. The van der Waals surface area contributed by atoms with Crippen LogP contribution in [0.15, 0.2) is 24.3 Å². The van der Waals surface area contributed by atoms with Crippen LogP contribution in [0.2, 0.25) is 0 Å². The number of methoxy groups -OCH3 is 10. The maximum atomic E-state index is 12.3. The smallest absolute Gasteiger partial charge is 0.322 e. The van der Waals surface area contributed by atoms with Crippen LogP contribution in [0.1, 0.15) is 23.3 Å². The van der Waals surface area contributed by atoms with Crippen LogP contribution in [-0.4, -0.2) is 107 Å². The van der Waals surface area contributed by atoms with Crippen LogP contribution < -0.4 is 28.4 Å². The van der Waals surface area contributed by atoms with Crippen LogP contribution in [0, 0.1) is 23.7 Å². The highest BCUT2D eigenvalue weighted by molar-refractivity contribution is 6.02. The van der Waals surface area contributed by atoms with Crippen molar-refractivity contribution in [2.75, 3.05) is 71.1 Å². The Bertz CT molecular complexity index is 1550. The maximum absolute atomic E-state index is 12.3. The third-order valence-electron chi connectivity index (χ3n) is 8.31. The van der Waals surface area contributed by atoms with E-state index < -0.39 is 71.7 Å². The SMILES string of the molecule is COC(=O)C1C(=O)O[C@@H](c2cc(OC)c(OC)cc2OC)C1C(=O)OC.COC(=O)C1[C@@H](C(=O)OC)C(=O)O[C@H]1c1cc(OC)c(OC)cc1OC. The van der Waals surface area contributed by atoms with Gasteiger partial charge in [-0.05, 0) is 12.1 Å². The predicted molar refractivity (Wildman–Crippen MR) is 172 cm³/mol. The molecule has 4 rings (SSSR count). The Morgan fingerprint density at radius 2 is 0.692 bits per heavy atom. The van der Waals surface area contributed by atoms with E-state index in [4.69, 9.17) is 47.4 Å². The summed E-state index contributed by atoms with van der Waals surface area (Å²) in [6.07, 6.45) is -2.23. The van der Waals surface area contributed by atoms with Gasteiger partial charge in [0.1, 0.15) is 35.5 Å². The highest BCUT2D eigenvalue weighted by Gasteiger charge is 2.56. The Kier molecular flexibility index (Phi) is 13.9. The molecule has 0 aromatic heterocycles. The molecule has 3 unspecified atom stereocenters. The summed E-state index contributed by atoms with van der Waals surface area (Å²) in [5, 5.41) is 0. The molecule has 0 bridgehead atoms. The number of ether oxygens (including phenoxy) is 12. The monoisotopic (exact) mass is 736 g/mol. The maximum Gasteiger partial charge on any atom is 0.322 e. The summed E-state index contributed by atoms with van der Waals surface area (Å²) >= 11 is 0. The van der Waals surface area contributed by atoms with Crippen molar-refractivity contribution in [3.63, 3.8) is 0 Å². The highest BCUT2D eigenvalue weighted by Crippen LogP contribution is 2.48. The van der Waals surface area contributed by atoms with Gasteiger partial charge in [-0.15, -0.1) is 0 Å². The van der Waals surface area contributed by atoms with Crippen LogP contribution in [0.3, 0.4) is 0 Å². The number of carbonyl (C=O) groups excluding carboxylic acids is 6. The van der Waals surface area contributed by atoms with Gasteiger partial charge < -0.3 is 56.8 Å². The molecule has 0 saturated carbocycles. The zero-order chi connectivity index (χ0) is 38.9. The van der Waals surface area contributed by atoms with Crippen molar-refractivity contribution >= 4 is 35.8 Å². The molecule has 2 saturated heterocycles. The Balaban J connectivity index is 0.000000280. The summed E-state index contributed by atoms with van der Waals surface area (Å²) in [7, 11) is 13.1. The molecule has 2 fully saturated rings. The first-order valence-corrected chi connectivity index (χ1v) is 15.2. The molecule has 6 atom stereocenters. The number of esters is 6. The number of hydrogen-bond donors (Lipinski definition) is 0. The third kappa shape index (κ3) is 7.84. The van der Waals surface area contributed by atoms with E-state index in [-0.39, 0.29) is 0 Å². The molecule has 0 spiro atoms. The second kappa shape index (κ2) is 17.8. The number of benzene rings is 2. The minimum Gasteiger partial charge on any atom is -0.496 e. The predicted octanol–water partition coefficient (Wildman–Crippen LogP) is 1.78. The van der Waals surface area contributed by atoms with Gasteiger partial charge in [0.05, 0.1) is 71.1 Å². The normalized spacial score (nSPS) is 21.6. The molecule has 284 valence electrons. The summed E-state index contributed by atoms with van der Waals surface area (Å²) in [6.45, 7) is 0. The van der Waals surface area contributed by atoms with E-state index >= 15 is 0 Å². The fourth-order valence-corrected chi connectivity index (χ4v) is 5.78. The van der Waals surface area contributed by atoms with Crippen molar-refractivity contribution < 1.29 is 85.6 Å². The van der Waals surface area contributed by atoms with Crippen LogP contribution >= 0.6 is 0 Å². The zero-order valence-electron chi connectivity index (χ0n) is 30.1. The average Bonchev–Trinajstić information content (AvgIpc) is 3.71. The van der Waals surface area contributed by atoms with Crippen molar-refractivity contribution in [3.8, 4) is 34.5 Å². The molecule has 2 heterocycles. The molecule has 0 N–H and O–H groups in total. The lowest BCUT2D eigenvalue weighted by Crippen LogP contribution is -2.33. The van der Waals surface area contributed by atoms with E-state index in [9.17, 15) is 28.8 Å². The van der Waals surface area contributed by atoms with Crippen LogP contribution in [-0.2, 0) is 57.2 Å². The zero-order valence-corrected chi connectivity index (χ0v) is 30.1. The quantitative estimate of drug-likeness (QED) is 0.172. The second-order valence-electron chi connectivity index (χ2n) is 10.7. The second-order valence-corrected chi connectivity index (χ2v) is 10.7. The van der Waals surface area contributed by atoms with E-state index in [1.54, 1.807) is 0 Å². The standard InChI is InChI=1S/2C17H20O9/c2*1-21-9-7-11(23-3)10(22-2)6-8(9)14-12(15(18)24-4)13(16(19)25-5)17(20)26-14/h2*6-7,12-14H,1-5H3/t12?,13?,14-;12?,13-,14-/m00/s1. The van der Waals surface area contributed by atoms with Crippen LogP contribution in [0.25, 0.3) is 0 Å². The Labute approximate surface area is 298 Å². The molecule has 0 amide bonds. The van der Waals surface area contributed by atoms with Gasteiger partial charge in [-0.1, -0.05) is 0 Å². The fourth-order valence-electron chi connectivity index (χ4n) is 5.78. The van der Waals surface area contributed by atoms with Gasteiger partial charge in [-0.3, -0.25) is 28.8 Å². The van der Waals surface area contributed by atoms with E-state index in [0.717, 1.165) is 28.4 Å². The topological polar surface area (TPSA) is 213 Å². The van der Waals surface area contributed by atoms with Crippen molar-refractivity contribution in [3.05, 3.63) is 35.4 Å². The largest absolute Gasteiger partial charge is 0.496 e. The molecule has 18 heteroatoms. The van der Waals surface area contributed by atoms with Crippen LogP contribution in [0.4, 0.5) is 0 Å². The van der Waals surface area contributed by atoms with Crippen molar-refractivity contribution in [2.24, 2.45) is 23.7 Å². The van der Waals surface area contributed by atoms with Gasteiger partial charge in [0, 0.05) is 23.3 Å². The van der Waals surface area contributed by atoms with Gasteiger partial charge >= 0.3 is 35.8 Å². The molecular formula is C34H40O18. The van der Waals surface area contributed by atoms with Crippen molar-refractivity contribution in [1.82, 2.24) is 0 Å². The first-order chi connectivity index (χ1) is 24.8. The van der Waals surface area contributed by atoms with E-state index in [0.29, 0.717) is 45.6 Å². The lowest BCUT2D eigenvalue weighted by Gasteiger charge is -2.21. The minimum absolute atomic E-state index is 0.292. The van der Waals surface area contributed by atoms with Gasteiger partial charge in [0.2, 0.25) is 0 Å². The van der Waals surface area contributed by atoms with Gasteiger partial charge in [0.25, 0.3) is 0 Å². The molecule has 0 radical (unpaired) electrons. The lowest BCUT2D eigenvalue weighted by atomic mass is 9.86. The molecule has 52 heavy (non-hydrogen) atoms. The van der Waals surface area contributed by atoms with Crippen molar-refractivity contribution in [1.29, 1.82) is 0 Å². The first kappa shape index (κ1) is 40.5. The number of cyclic esters (lactones) is 2. The summed E-state index contributed by atoms with van der Waals surface area (Å²) in [5.74, 6) is -8.39. The molecule has 2 aromatic carbocycles. The Morgan fingerprint density at radius 1 is 0.423 bits per heavy atom. The lowest BCUT2D eigenvalue weighted by molar-refractivity contribution is -0.159. The summed E-state index contributed by atoms with van der Waals surface area (Å²) in [4.78, 5) is 73.1. The van der Waals surface area contributed by atoms with Crippen LogP contribution in [0.5, 0.6) is 34.5 Å². The van der Waals surface area contributed by atoms with Crippen molar-refractivity contribution in [2.45, 2.75) is 12.2 Å². The molecule has 2 aliphatic heterocycles. The van der Waals surface area contributed by atoms with Gasteiger partial charge in [-0.25, -0.2) is 0 Å². The van der Waals surface area contributed by atoms with Gasteiger partial charge in [-0.2, -0.15) is 0 Å². The average molecular weight is 737 g/mol. The van der Waals surface area contributed by atoms with E-state index in [1.807, 2.05) is 0 Å². The summed E-state index contributed by atoms with van der Waals surface area (Å²) in [5.41, 5.74) is 0.667. The summed E-state index contributed by atoms with van der Waals surface area (Å²) in [6, 6.07) is 6.10. The molecule has 2 aliphatic rings. The number of rotatable bonds is 12. The molecular weight excluding hydrogens is 696 g/mol. The van der Waals surface area contributed by atoms with Gasteiger partial charge in [0.15, 0.2) is 34.8 Å². The highest BCUT2D eigenvalue weighted by atomic mass is 16.6. The first-order valence-electron chi connectivity index (χ1n) is 15.2. The minimum atomic E-state index is -1.43. The number of hydrogen-bond acceptors (Lipinski definition) is 18. The fraction of sp³-hybridized carbons (Fsp3) is 0.471. The van der Waals surface area contributed by atoms with E-state index in [2.05, 4.69) is 9.47 Å².